The number of benzene rings is 1. The number of rotatable bonds is 5. The van der Waals surface area contributed by atoms with Crippen molar-refractivity contribution < 1.29 is 9.90 Å². The zero-order valence-corrected chi connectivity index (χ0v) is 15.2. The summed E-state index contributed by atoms with van der Waals surface area (Å²) in [7, 11) is 0. The summed E-state index contributed by atoms with van der Waals surface area (Å²) in [6, 6.07) is 12.5. The van der Waals surface area contributed by atoms with Crippen LogP contribution in [0.1, 0.15) is 5.56 Å². The number of hydrogen-bond donors (Lipinski definition) is 1. The Morgan fingerprint density at radius 2 is 1.96 bits per heavy atom. The second kappa shape index (κ2) is 6.92. The molecule has 5 nitrogen and oxygen atoms in total. The van der Waals surface area contributed by atoms with E-state index in [0.717, 1.165) is 16.7 Å². The summed E-state index contributed by atoms with van der Waals surface area (Å²) >= 11 is 0.191. The molecule has 0 aliphatic carbocycles. The van der Waals surface area contributed by atoms with Gasteiger partial charge in [0.05, 0.1) is 0 Å². The van der Waals surface area contributed by atoms with Gasteiger partial charge in [-0.1, -0.05) is 0 Å². The SMILES string of the molecule is O=C(O)C1CN(Cc2ccc(-c3cnc(-c4cccnc4)[se]3)cc2)C1. The van der Waals surface area contributed by atoms with Crippen LogP contribution < -0.4 is 0 Å². The third-order valence-corrected chi connectivity index (χ3v) is 6.66. The van der Waals surface area contributed by atoms with Crippen molar-refractivity contribution in [1.82, 2.24) is 14.9 Å². The monoisotopic (exact) mass is 399 g/mol. The van der Waals surface area contributed by atoms with Gasteiger partial charge in [-0.3, -0.25) is 0 Å². The molecular formula is C19H17N3O2Se. The van der Waals surface area contributed by atoms with E-state index in [1.165, 1.54) is 15.6 Å². The number of aromatic nitrogens is 2. The van der Waals surface area contributed by atoms with Gasteiger partial charge in [0.1, 0.15) is 0 Å². The molecule has 1 aromatic carbocycles. The van der Waals surface area contributed by atoms with E-state index in [1.807, 2.05) is 24.5 Å². The summed E-state index contributed by atoms with van der Waals surface area (Å²) in [6.45, 7) is 2.10. The summed E-state index contributed by atoms with van der Waals surface area (Å²) in [6.07, 6.45) is 5.60. The van der Waals surface area contributed by atoms with Crippen molar-refractivity contribution in [3.05, 3.63) is 60.6 Å². The maximum absolute atomic E-state index is 10.9. The molecule has 1 aliphatic heterocycles. The predicted molar refractivity (Wildman–Crippen MR) is 96.2 cm³/mol. The molecule has 0 unspecified atom stereocenters. The van der Waals surface area contributed by atoms with Gasteiger partial charge in [-0.2, -0.15) is 0 Å². The van der Waals surface area contributed by atoms with Crippen molar-refractivity contribution in [2.75, 3.05) is 13.1 Å². The van der Waals surface area contributed by atoms with Crippen molar-refractivity contribution in [3.63, 3.8) is 0 Å². The van der Waals surface area contributed by atoms with Gasteiger partial charge in [-0.15, -0.1) is 0 Å². The van der Waals surface area contributed by atoms with Crippen molar-refractivity contribution >= 4 is 20.5 Å². The molecule has 2 aromatic heterocycles. The first-order valence-electron chi connectivity index (χ1n) is 8.10. The van der Waals surface area contributed by atoms with Crippen LogP contribution in [0.2, 0.25) is 0 Å². The Labute approximate surface area is 151 Å². The third-order valence-electron chi connectivity index (χ3n) is 4.37. The van der Waals surface area contributed by atoms with Gasteiger partial charge in [-0.25, -0.2) is 0 Å². The fourth-order valence-corrected chi connectivity index (χ4v) is 4.83. The molecule has 0 saturated carbocycles. The average Bonchev–Trinajstić information content (AvgIpc) is 3.09. The van der Waals surface area contributed by atoms with Gasteiger partial charge >= 0.3 is 151 Å². The molecule has 0 spiro atoms. The second-order valence-electron chi connectivity index (χ2n) is 6.20. The zero-order chi connectivity index (χ0) is 17.2. The molecule has 0 bridgehead atoms. The van der Waals surface area contributed by atoms with E-state index in [-0.39, 0.29) is 20.4 Å². The van der Waals surface area contributed by atoms with E-state index < -0.39 is 5.97 Å². The van der Waals surface area contributed by atoms with Gasteiger partial charge in [0, 0.05) is 0 Å². The van der Waals surface area contributed by atoms with Crippen LogP contribution in [0.5, 0.6) is 0 Å². The molecule has 1 aliphatic rings. The van der Waals surface area contributed by atoms with Gasteiger partial charge in [-0.05, 0) is 0 Å². The molecule has 6 heteroatoms. The van der Waals surface area contributed by atoms with E-state index in [0.29, 0.717) is 13.1 Å². The molecular weight excluding hydrogens is 381 g/mol. The summed E-state index contributed by atoms with van der Waals surface area (Å²) < 4.78 is 2.38. The fourth-order valence-electron chi connectivity index (χ4n) is 2.92. The van der Waals surface area contributed by atoms with Gasteiger partial charge in [0.25, 0.3) is 0 Å². The average molecular weight is 398 g/mol. The molecule has 126 valence electrons. The first kappa shape index (κ1) is 16.2. The Hall–Kier alpha value is -2.27. The van der Waals surface area contributed by atoms with Gasteiger partial charge < -0.3 is 0 Å². The molecule has 3 aromatic rings. The van der Waals surface area contributed by atoms with Gasteiger partial charge in [0.2, 0.25) is 0 Å². The zero-order valence-electron chi connectivity index (χ0n) is 13.5. The molecule has 3 heterocycles. The fraction of sp³-hybridized carbons (Fsp3) is 0.211. The number of pyridine rings is 1. The number of carboxylic acids is 1. The number of nitrogens with zero attached hydrogens (tertiary/aromatic N) is 3. The van der Waals surface area contributed by atoms with Crippen LogP contribution in [-0.2, 0) is 11.3 Å². The third kappa shape index (κ3) is 3.56. The van der Waals surface area contributed by atoms with Crippen LogP contribution in [0, 0.1) is 5.92 Å². The Balaban J connectivity index is 1.43. The number of carbonyl (C=O) groups is 1. The van der Waals surface area contributed by atoms with E-state index in [9.17, 15) is 4.79 Å². The van der Waals surface area contributed by atoms with Crippen LogP contribution in [0.15, 0.2) is 55.0 Å². The minimum absolute atomic E-state index is 0.191. The van der Waals surface area contributed by atoms with Crippen molar-refractivity contribution in [1.29, 1.82) is 0 Å². The normalized spacial score (nSPS) is 15.0. The second-order valence-corrected chi connectivity index (χ2v) is 8.36. The Morgan fingerprint density at radius 3 is 2.64 bits per heavy atom. The van der Waals surface area contributed by atoms with Crippen molar-refractivity contribution in [2.45, 2.75) is 6.54 Å². The van der Waals surface area contributed by atoms with Crippen molar-refractivity contribution in [3.8, 4) is 20.1 Å². The van der Waals surface area contributed by atoms with E-state index in [1.54, 1.807) is 6.20 Å². The standard InChI is InChI=1S/C19H17N3O2Se/c23-19(24)16-11-22(12-16)10-13-3-5-14(6-4-13)17-9-21-18(25-17)15-2-1-7-20-8-15/h1-9,16H,10-12H2,(H,23,24). The van der Waals surface area contributed by atoms with Crippen LogP contribution in [0.25, 0.3) is 20.1 Å². The van der Waals surface area contributed by atoms with E-state index >= 15 is 0 Å². The number of likely N-dealkylation sites (tertiary alicyclic amines) is 1. The summed E-state index contributed by atoms with van der Waals surface area (Å²) in [4.78, 5) is 21.7. The summed E-state index contributed by atoms with van der Waals surface area (Å²) in [5.41, 5.74) is 3.52. The van der Waals surface area contributed by atoms with Crippen LogP contribution >= 0.6 is 0 Å². The topological polar surface area (TPSA) is 66.3 Å². The summed E-state index contributed by atoms with van der Waals surface area (Å²) in [5.74, 6) is -0.889. The van der Waals surface area contributed by atoms with E-state index in [2.05, 4.69) is 39.1 Å². The molecule has 0 amide bonds. The maximum atomic E-state index is 10.9. The van der Waals surface area contributed by atoms with Crippen LogP contribution in [0.4, 0.5) is 0 Å². The molecule has 25 heavy (non-hydrogen) atoms. The molecule has 1 N–H and O–H groups in total. The first-order chi connectivity index (χ1) is 12.2. The molecule has 1 saturated heterocycles. The Kier molecular flexibility index (Phi) is 4.49. The molecule has 4 rings (SSSR count). The Morgan fingerprint density at radius 1 is 1.16 bits per heavy atom. The molecule has 1 fully saturated rings. The number of aliphatic carboxylic acids is 1. The quantitative estimate of drug-likeness (QED) is 0.669. The predicted octanol–water partition coefficient (Wildman–Crippen LogP) is 2.38. The van der Waals surface area contributed by atoms with E-state index in [4.69, 9.17) is 5.11 Å². The minimum atomic E-state index is -0.688. The Bertz CT molecular complexity index is 871. The number of carboxylic acid groups (broad SMARTS) is 1. The first-order valence-corrected chi connectivity index (χ1v) is 9.81. The van der Waals surface area contributed by atoms with Crippen LogP contribution in [-0.4, -0.2) is 53.5 Å². The summed E-state index contributed by atoms with van der Waals surface area (Å²) in [5, 5.41) is 8.93. The molecule has 0 radical (unpaired) electrons. The van der Waals surface area contributed by atoms with Crippen LogP contribution in [0.3, 0.4) is 0 Å². The van der Waals surface area contributed by atoms with Crippen molar-refractivity contribution in [2.24, 2.45) is 5.92 Å². The van der Waals surface area contributed by atoms with Gasteiger partial charge in [0.15, 0.2) is 0 Å². The molecule has 0 atom stereocenters. The number of hydrogen-bond acceptors (Lipinski definition) is 4.